The van der Waals surface area contributed by atoms with E-state index < -0.39 is 0 Å². The summed E-state index contributed by atoms with van der Waals surface area (Å²) in [5.41, 5.74) is 8.84. The fraction of sp³-hybridized carbons (Fsp3) is 0.800. The van der Waals surface area contributed by atoms with Crippen LogP contribution in [-0.2, 0) is 0 Å². The summed E-state index contributed by atoms with van der Waals surface area (Å²) < 4.78 is 0. The zero-order valence-electron chi connectivity index (χ0n) is 8.02. The number of hydrogen-bond donors (Lipinski definition) is 1. The molecule has 0 saturated carbocycles. The van der Waals surface area contributed by atoms with E-state index in [1.165, 1.54) is 0 Å². The fourth-order valence-electron chi connectivity index (χ4n) is 2.20. The van der Waals surface area contributed by atoms with Gasteiger partial charge in [0, 0.05) is 0 Å². The van der Waals surface area contributed by atoms with Crippen LogP contribution in [0.5, 0.6) is 0 Å². The summed E-state index contributed by atoms with van der Waals surface area (Å²) in [4.78, 5) is 0. The van der Waals surface area contributed by atoms with Gasteiger partial charge < -0.3 is 5.73 Å². The summed E-state index contributed by atoms with van der Waals surface area (Å²) in [5.74, 6) is 2.10. The molecular weight excluding hydrogens is 134 g/mol. The molecule has 2 atom stereocenters. The SMILES string of the molecule is CC1=C(C)C(C)C(CN)C1C. The topological polar surface area (TPSA) is 26.0 Å². The van der Waals surface area contributed by atoms with Gasteiger partial charge in [0.25, 0.3) is 0 Å². The zero-order chi connectivity index (χ0) is 8.59. The van der Waals surface area contributed by atoms with Crippen molar-refractivity contribution in [2.45, 2.75) is 27.7 Å². The number of hydrogen-bond acceptors (Lipinski definition) is 1. The number of nitrogens with two attached hydrogens (primary N) is 1. The molecule has 0 heterocycles. The quantitative estimate of drug-likeness (QED) is 0.574. The van der Waals surface area contributed by atoms with Gasteiger partial charge in [-0.05, 0) is 38.1 Å². The van der Waals surface area contributed by atoms with Crippen LogP contribution in [0.2, 0.25) is 0 Å². The molecule has 11 heavy (non-hydrogen) atoms. The van der Waals surface area contributed by atoms with Crippen LogP contribution in [0.15, 0.2) is 11.1 Å². The molecule has 0 aromatic carbocycles. The monoisotopic (exact) mass is 153 g/mol. The molecule has 2 N–H and O–H groups in total. The van der Waals surface area contributed by atoms with Gasteiger partial charge >= 0.3 is 0 Å². The minimum Gasteiger partial charge on any atom is -0.330 e. The highest BCUT2D eigenvalue weighted by Gasteiger charge is 2.32. The van der Waals surface area contributed by atoms with Crippen molar-refractivity contribution in [3.63, 3.8) is 0 Å². The van der Waals surface area contributed by atoms with Crippen molar-refractivity contribution in [3.05, 3.63) is 11.1 Å². The summed E-state index contributed by atoms with van der Waals surface area (Å²) in [5, 5.41) is 0. The molecule has 0 bridgehead atoms. The van der Waals surface area contributed by atoms with E-state index in [1.54, 1.807) is 11.1 Å². The van der Waals surface area contributed by atoms with Crippen molar-refractivity contribution in [1.82, 2.24) is 0 Å². The summed E-state index contributed by atoms with van der Waals surface area (Å²) >= 11 is 0. The van der Waals surface area contributed by atoms with E-state index >= 15 is 0 Å². The molecule has 0 fully saturated rings. The van der Waals surface area contributed by atoms with Crippen LogP contribution in [0.3, 0.4) is 0 Å². The van der Waals surface area contributed by atoms with Crippen LogP contribution >= 0.6 is 0 Å². The van der Waals surface area contributed by atoms with Crippen LogP contribution in [0, 0.1) is 17.8 Å². The average Bonchev–Trinajstić information content (AvgIpc) is 2.17. The Balaban J connectivity index is 2.83. The second kappa shape index (κ2) is 2.98. The Kier molecular flexibility index (Phi) is 2.38. The van der Waals surface area contributed by atoms with Crippen LogP contribution in [0.1, 0.15) is 27.7 Å². The van der Waals surface area contributed by atoms with Crippen LogP contribution in [-0.4, -0.2) is 6.54 Å². The molecule has 1 heteroatoms. The number of allylic oxidation sites excluding steroid dienone is 2. The zero-order valence-corrected chi connectivity index (χ0v) is 8.02. The predicted octanol–water partition coefficient (Wildman–Crippen LogP) is 2.18. The van der Waals surface area contributed by atoms with Gasteiger partial charge in [-0.2, -0.15) is 0 Å². The molecule has 0 aliphatic heterocycles. The first-order valence-electron chi connectivity index (χ1n) is 4.47. The maximum absolute atomic E-state index is 5.71. The lowest BCUT2D eigenvalue weighted by atomic mass is 9.88. The summed E-state index contributed by atoms with van der Waals surface area (Å²) in [6.45, 7) is 9.90. The van der Waals surface area contributed by atoms with E-state index in [4.69, 9.17) is 5.73 Å². The van der Waals surface area contributed by atoms with Crippen molar-refractivity contribution in [2.75, 3.05) is 6.54 Å². The van der Waals surface area contributed by atoms with E-state index in [-0.39, 0.29) is 0 Å². The molecule has 0 saturated heterocycles. The lowest BCUT2D eigenvalue weighted by Crippen LogP contribution is -2.23. The highest BCUT2D eigenvalue weighted by molar-refractivity contribution is 5.23. The van der Waals surface area contributed by atoms with Gasteiger partial charge in [0.05, 0.1) is 0 Å². The molecule has 1 aliphatic carbocycles. The standard InChI is InChI=1S/C10H19N/c1-6-7(2)9(4)10(5-11)8(6)3/h8-10H,5,11H2,1-4H3. The van der Waals surface area contributed by atoms with Crippen LogP contribution < -0.4 is 5.73 Å². The first kappa shape index (κ1) is 8.79. The minimum absolute atomic E-state index is 0.690. The Morgan fingerprint density at radius 3 is 1.64 bits per heavy atom. The van der Waals surface area contributed by atoms with Gasteiger partial charge in [-0.15, -0.1) is 0 Å². The third-order valence-electron chi connectivity index (χ3n) is 3.54. The van der Waals surface area contributed by atoms with Gasteiger partial charge in [-0.3, -0.25) is 0 Å². The molecule has 1 nitrogen and oxygen atoms in total. The normalized spacial score (nSPS) is 38.5. The fourth-order valence-corrected chi connectivity index (χ4v) is 2.20. The lowest BCUT2D eigenvalue weighted by molar-refractivity contribution is 0.365. The highest BCUT2D eigenvalue weighted by atomic mass is 14.6. The van der Waals surface area contributed by atoms with E-state index in [9.17, 15) is 0 Å². The maximum atomic E-state index is 5.71. The minimum atomic E-state index is 0.690. The van der Waals surface area contributed by atoms with E-state index in [0.29, 0.717) is 17.8 Å². The summed E-state index contributed by atoms with van der Waals surface area (Å²) in [6, 6.07) is 0. The first-order chi connectivity index (χ1) is 5.09. The van der Waals surface area contributed by atoms with Crippen molar-refractivity contribution in [2.24, 2.45) is 23.5 Å². The lowest BCUT2D eigenvalue weighted by Gasteiger charge is -2.19. The van der Waals surface area contributed by atoms with E-state index in [2.05, 4.69) is 27.7 Å². The third kappa shape index (κ3) is 1.22. The smallest absolute Gasteiger partial charge is 0.00376 e. The molecule has 64 valence electrons. The molecule has 2 unspecified atom stereocenters. The molecule has 0 aromatic heterocycles. The van der Waals surface area contributed by atoms with Crippen molar-refractivity contribution < 1.29 is 0 Å². The third-order valence-corrected chi connectivity index (χ3v) is 3.54. The summed E-state index contributed by atoms with van der Waals surface area (Å²) in [7, 11) is 0. The largest absolute Gasteiger partial charge is 0.330 e. The highest BCUT2D eigenvalue weighted by Crippen LogP contribution is 2.40. The van der Waals surface area contributed by atoms with Gasteiger partial charge in [0.2, 0.25) is 0 Å². The second-order valence-corrected chi connectivity index (χ2v) is 3.84. The average molecular weight is 153 g/mol. The van der Waals surface area contributed by atoms with Crippen LogP contribution in [0.25, 0.3) is 0 Å². The Morgan fingerprint density at radius 2 is 1.45 bits per heavy atom. The molecular formula is C10H19N. The molecule has 1 rings (SSSR count). The van der Waals surface area contributed by atoms with Crippen molar-refractivity contribution in [3.8, 4) is 0 Å². The molecule has 0 amide bonds. The Morgan fingerprint density at radius 1 is 1.09 bits per heavy atom. The Hall–Kier alpha value is -0.300. The van der Waals surface area contributed by atoms with E-state index in [0.717, 1.165) is 6.54 Å². The Bertz CT molecular complexity index is 163. The molecule has 0 aromatic rings. The van der Waals surface area contributed by atoms with Gasteiger partial charge in [-0.1, -0.05) is 25.0 Å². The number of rotatable bonds is 1. The van der Waals surface area contributed by atoms with E-state index in [1.807, 2.05) is 0 Å². The Labute approximate surface area is 69.7 Å². The molecule has 1 aliphatic rings. The maximum Gasteiger partial charge on any atom is -0.00376 e. The predicted molar refractivity (Wildman–Crippen MR) is 49.2 cm³/mol. The second-order valence-electron chi connectivity index (χ2n) is 3.84. The van der Waals surface area contributed by atoms with Gasteiger partial charge in [0.1, 0.15) is 0 Å². The van der Waals surface area contributed by atoms with Gasteiger partial charge in [-0.25, -0.2) is 0 Å². The van der Waals surface area contributed by atoms with Crippen molar-refractivity contribution >= 4 is 0 Å². The summed E-state index contributed by atoms with van der Waals surface area (Å²) in [6.07, 6.45) is 0. The first-order valence-corrected chi connectivity index (χ1v) is 4.47. The molecule has 0 radical (unpaired) electrons. The van der Waals surface area contributed by atoms with Gasteiger partial charge in [0.15, 0.2) is 0 Å². The van der Waals surface area contributed by atoms with Crippen LogP contribution in [0.4, 0.5) is 0 Å². The van der Waals surface area contributed by atoms with Crippen molar-refractivity contribution in [1.29, 1.82) is 0 Å². The molecule has 0 spiro atoms.